The highest BCUT2D eigenvalue weighted by Gasteiger charge is 2.49. The lowest BCUT2D eigenvalue weighted by molar-refractivity contribution is -0.0568. The molecule has 1 saturated heterocycles. The first-order valence-corrected chi connectivity index (χ1v) is 8.43. The van der Waals surface area contributed by atoms with E-state index in [1.54, 1.807) is 13.8 Å². The van der Waals surface area contributed by atoms with E-state index in [0.717, 1.165) is 12.6 Å². The van der Waals surface area contributed by atoms with Gasteiger partial charge in [-0.1, -0.05) is 0 Å². The smallest absolute Gasteiger partial charge is 0.116 e. The monoisotopic (exact) mass is 234 g/mol. The molecule has 1 fully saturated rings. The van der Waals surface area contributed by atoms with Gasteiger partial charge in [0.2, 0.25) is 0 Å². The van der Waals surface area contributed by atoms with Gasteiger partial charge in [0.15, 0.2) is 0 Å². The highest BCUT2D eigenvalue weighted by molar-refractivity contribution is 7.72. The summed E-state index contributed by atoms with van der Waals surface area (Å²) in [6, 6.07) is 0. The molecule has 0 aromatic carbocycles. The molecule has 1 heterocycles. The van der Waals surface area contributed by atoms with Crippen LogP contribution in [0, 0.1) is 0 Å². The Morgan fingerprint density at radius 3 is 2.33 bits per heavy atom. The summed E-state index contributed by atoms with van der Waals surface area (Å²) in [5, 5.41) is 19.9. The van der Waals surface area contributed by atoms with Gasteiger partial charge in [-0.2, -0.15) is 0 Å². The maximum atomic E-state index is 9.95. The van der Waals surface area contributed by atoms with E-state index in [4.69, 9.17) is 4.74 Å². The SMILES string of the molecule is C=P(C)(C)CC[C@H]1O[C@@H](C)[C@@](C)(O)[C@@H]1O. The van der Waals surface area contributed by atoms with E-state index >= 15 is 0 Å². The summed E-state index contributed by atoms with van der Waals surface area (Å²) in [7, 11) is 0. The van der Waals surface area contributed by atoms with Crippen LogP contribution in [0.1, 0.15) is 20.3 Å². The zero-order valence-corrected chi connectivity index (χ0v) is 11.0. The Kier molecular flexibility index (Phi) is 3.72. The van der Waals surface area contributed by atoms with Gasteiger partial charge in [0.05, 0.1) is 12.2 Å². The van der Waals surface area contributed by atoms with Crippen molar-refractivity contribution in [2.24, 2.45) is 0 Å². The quantitative estimate of drug-likeness (QED) is 0.716. The van der Waals surface area contributed by atoms with Gasteiger partial charge in [0.1, 0.15) is 11.7 Å². The predicted molar refractivity (Wildman–Crippen MR) is 66.3 cm³/mol. The molecule has 2 N–H and O–H groups in total. The summed E-state index contributed by atoms with van der Waals surface area (Å²) >= 11 is 0. The molecule has 0 saturated carbocycles. The van der Waals surface area contributed by atoms with Crippen LogP contribution in [0.3, 0.4) is 0 Å². The lowest BCUT2D eigenvalue weighted by Crippen LogP contribution is -2.44. The summed E-state index contributed by atoms with van der Waals surface area (Å²) in [5.41, 5.74) is -1.12. The largest absolute Gasteiger partial charge is 0.387 e. The predicted octanol–water partition coefficient (Wildman–Crippen LogP) is 0.985. The fraction of sp³-hybridized carbons (Fsp3) is 0.909. The van der Waals surface area contributed by atoms with Crippen molar-refractivity contribution in [3.8, 4) is 0 Å². The molecule has 0 amide bonds. The lowest BCUT2D eigenvalue weighted by atomic mass is 9.93. The Bertz CT molecular complexity index is 269. The van der Waals surface area contributed by atoms with Crippen LogP contribution >= 0.6 is 6.89 Å². The first kappa shape index (κ1) is 13.2. The highest BCUT2D eigenvalue weighted by atomic mass is 31.2. The summed E-state index contributed by atoms with van der Waals surface area (Å²) in [6.07, 6.45) is 4.57. The summed E-state index contributed by atoms with van der Waals surface area (Å²) in [4.78, 5) is 0. The maximum Gasteiger partial charge on any atom is 0.116 e. The first-order valence-electron chi connectivity index (χ1n) is 5.38. The Labute approximate surface area is 92.4 Å². The zero-order chi connectivity index (χ0) is 11.9. The van der Waals surface area contributed by atoms with Crippen LogP contribution < -0.4 is 0 Å². The van der Waals surface area contributed by atoms with Gasteiger partial charge in [0.25, 0.3) is 0 Å². The van der Waals surface area contributed by atoms with E-state index in [9.17, 15) is 10.2 Å². The maximum absolute atomic E-state index is 9.95. The van der Waals surface area contributed by atoms with Crippen LogP contribution in [0.5, 0.6) is 0 Å². The topological polar surface area (TPSA) is 49.7 Å². The first-order chi connectivity index (χ1) is 6.64. The van der Waals surface area contributed by atoms with E-state index < -0.39 is 18.6 Å². The van der Waals surface area contributed by atoms with Gasteiger partial charge in [-0.05, 0) is 39.8 Å². The van der Waals surface area contributed by atoms with E-state index in [1.165, 1.54) is 0 Å². The van der Waals surface area contributed by atoms with Crippen molar-refractivity contribution in [2.45, 2.75) is 44.2 Å². The van der Waals surface area contributed by atoms with E-state index in [-0.39, 0.29) is 12.2 Å². The standard InChI is InChI=1S/C11H23O3P/c1-8-11(2,13)10(12)9(14-8)6-7-15(3,4)5/h8-10,12-13H,3,6-7H2,1-2,4-5H3/t8-,9+,10+,11+/m0/s1. The van der Waals surface area contributed by atoms with Crippen molar-refractivity contribution >= 4 is 13.2 Å². The molecule has 4 atom stereocenters. The van der Waals surface area contributed by atoms with Crippen molar-refractivity contribution in [2.75, 3.05) is 19.5 Å². The van der Waals surface area contributed by atoms with Crippen molar-refractivity contribution < 1.29 is 14.9 Å². The molecule has 1 rings (SSSR count). The van der Waals surface area contributed by atoms with Gasteiger partial charge in [-0.25, -0.2) is 0 Å². The second kappa shape index (κ2) is 4.21. The van der Waals surface area contributed by atoms with Crippen molar-refractivity contribution in [3.63, 3.8) is 0 Å². The van der Waals surface area contributed by atoms with E-state index in [0.29, 0.717) is 0 Å². The van der Waals surface area contributed by atoms with Crippen LogP contribution in [0.4, 0.5) is 0 Å². The summed E-state index contributed by atoms with van der Waals surface area (Å²) in [5.74, 6) is 0. The van der Waals surface area contributed by atoms with Crippen LogP contribution in [-0.4, -0.2) is 59.9 Å². The number of hydrogen-bond donors (Lipinski definition) is 2. The van der Waals surface area contributed by atoms with Crippen LogP contribution in [0.2, 0.25) is 0 Å². The number of hydrogen-bond acceptors (Lipinski definition) is 3. The Morgan fingerprint density at radius 2 is 2.00 bits per heavy atom. The summed E-state index contributed by atoms with van der Waals surface area (Å²) < 4.78 is 5.57. The van der Waals surface area contributed by atoms with Gasteiger partial charge in [-0.15, -0.1) is 13.2 Å². The molecule has 90 valence electrons. The average Bonchev–Trinajstić information content (AvgIpc) is 2.25. The molecule has 0 spiro atoms. The van der Waals surface area contributed by atoms with E-state index in [1.807, 2.05) is 0 Å². The Balaban J connectivity index is 2.57. The summed E-state index contributed by atoms with van der Waals surface area (Å²) in [6.45, 7) is 6.68. The van der Waals surface area contributed by atoms with Gasteiger partial charge >= 0.3 is 0 Å². The van der Waals surface area contributed by atoms with Gasteiger partial charge in [0, 0.05) is 0 Å². The molecule has 0 aromatic rings. The van der Waals surface area contributed by atoms with Gasteiger partial charge < -0.3 is 14.9 Å². The molecule has 3 nitrogen and oxygen atoms in total. The normalized spacial score (nSPS) is 42.1. The number of ether oxygens (including phenoxy) is 1. The molecule has 0 unspecified atom stereocenters. The molecule has 0 bridgehead atoms. The molecule has 0 radical (unpaired) electrons. The van der Waals surface area contributed by atoms with Crippen molar-refractivity contribution in [1.82, 2.24) is 0 Å². The van der Waals surface area contributed by atoms with Crippen molar-refractivity contribution in [3.05, 3.63) is 0 Å². The number of rotatable bonds is 3. The van der Waals surface area contributed by atoms with E-state index in [2.05, 4.69) is 19.6 Å². The van der Waals surface area contributed by atoms with Crippen LogP contribution in [0.15, 0.2) is 0 Å². The Morgan fingerprint density at radius 1 is 1.47 bits per heavy atom. The molecular weight excluding hydrogens is 211 g/mol. The van der Waals surface area contributed by atoms with Gasteiger partial charge in [-0.3, -0.25) is 0 Å². The number of aliphatic hydroxyl groups is 2. The third kappa shape index (κ3) is 3.07. The number of aliphatic hydroxyl groups excluding tert-OH is 1. The second-order valence-corrected chi connectivity index (χ2v) is 9.75. The minimum Gasteiger partial charge on any atom is -0.387 e. The molecule has 4 heteroatoms. The van der Waals surface area contributed by atoms with Crippen LogP contribution in [-0.2, 0) is 4.74 Å². The van der Waals surface area contributed by atoms with Crippen molar-refractivity contribution in [1.29, 1.82) is 0 Å². The Hall–Kier alpha value is 0.180. The molecule has 1 aliphatic heterocycles. The minimum atomic E-state index is -1.12. The highest BCUT2D eigenvalue weighted by Crippen LogP contribution is 2.39. The van der Waals surface area contributed by atoms with Crippen LogP contribution in [0.25, 0.3) is 0 Å². The molecule has 0 aliphatic carbocycles. The third-order valence-corrected chi connectivity index (χ3v) is 4.64. The third-order valence-electron chi connectivity index (χ3n) is 3.17. The molecule has 1 aliphatic rings. The fourth-order valence-electron chi connectivity index (χ4n) is 1.79. The molecular formula is C11H23O3P. The second-order valence-electron chi connectivity index (χ2n) is 5.44. The lowest BCUT2D eigenvalue weighted by Gasteiger charge is -2.24. The minimum absolute atomic E-state index is 0.240. The molecule has 0 aromatic heterocycles. The molecule has 15 heavy (non-hydrogen) atoms. The zero-order valence-electron chi connectivity index (χ0n) is 10.1. The average molecular weight is 234 g/mol. The fourth-order valence-corrected chi connectivity index (χ4v) is 2.75.